The molecule has 13 heteroatoms. The van der Waals surface area contributed by atoms with E-state index in [0.717, 1.165) is 0 Å². The van der Waals surface area contributed by atoms with E-state index >= 15 is 0 Å². The molecule has 0 rings (SSSR count). The minimum Gasteiger partial charge on any atom is -0.480 e. The number of aliphatic imine (C=N–C) groups is 1. The van der Waals surface area contributed by atoms with Gasteiger partial charge in [-0.15, -0.1) is 0 Å². The van der Waals surface area contributed by atoms with Crippen molar-refractivity contribution in [1.29, 1.82) is 0 Å². The fourth-order valence-corrected chi connectivity index (χ4v) is 2.96. The van der Waals surface area contributed by atoms with E-state index in [1.807, 2.05) is 6.92 Å². The maximum Gasteiger partial charge on any atom is 0.326 e. The summed E-state index contributed by atoms with van der Waals surface area (Å²) in [4.78, 5) is 53.4. The summed E-state index contributed by atoms with van der Waals surface area (Å²) in [5.74, 6) is -3.98. The Morgan fingerprint density at radius 2 is 1.41 bits per heavy atom. The van der Waals surface area contributed by atoms with Gasteiger partial charge in [0, 0.05) is 6.54 Å². The van der Waals surface area contributed by atoms with Crippen molar-refractivity contribution in [3.05, 3.63) is 0 Å². The maximum atomic E-state index is 12.9. The molecule has 6 unspecified atom stereocenters. The lowest BCUT2D eigenvalue weighted by molar-refractivity contribution is -0.144. The third-order valence-electron chi connectivity index (χ3n) is 5.73. The van der Waals surface area contributed by atoms with Crippen molar-refractivity contribution in [2.24, 2.45) is 34.0 Å². The molecule has 0 saturated carbocycles. The van der Waals surface area contributed by atoms with Gasteiger partial charge < -0.3 is 43.4 Å². The van der Waals surface area contributed by atoms with Crippen molar-refractivity contribution in [3.8, 4) is 0 Å². The Morgan fingerprint density at radius 1 is 0.882 bits per heavy atom. The van der Waals surface area contributed by atoms with Crippen LogP contribution in [0.25, 0.3) is 0 Å². The van der Waals surface area contributed by atoms with Crippen molar-refractivity contribution in [2.45, 2.75) is 77.5 Å². The Hall–Kier alpha value is -2.93. The largest absolute Gasteiger partial charge is 0.480 e. The second kappa shape index (κ2) is 15.8. The van der Waals surface area contributed by atoms with Crippen molar-refractivity contribution in [3.63, 3.8) is 0 Å². The van der Waals surface area contributed by atoms with Gasteiger partial charge in [0.2, 0.25) is 17.7 Å². The zero-order valence-corrected chi connectivity index (χ0v) is 20.4. The number of amides is 3. The topological polar surface area (TPSA) is 235 Å². The molecule has 0 heterocycles. The molecular weight excluding hydrogens is 446 g/mol. The van der Waals surface area contributed by atoms with Crippen molar-refractivity contribution >= 4 is 29.7 Å². The molecule has 0 aromatic rings. The standard InChI is InChI=1S/C21H41N7O6/c1-5-11(3)15(22)19(32)27-14(10-29)18(31)26-13(8-7-9-25-21(23)24)17(30)28-16(20(33)34)12(4)6-2/h11-16,29H,5-10,22H2,1-4H3,(H,26,31)(H,27,32)(H,28,30)(H,33,34)(H4,23,24,25). The zero-order chi connectivity index (χ0) is 26.4. The van der Waals surface area contributed by atoms with E-state index in [9.17, 15) is 29.4 Å². The van der Waals surface area contributed by atoms with Crippen LogP contribution in [0.1, 0.15) is 53.4 Å². The number of carboxylic acids is 1. The molecule has 0 fully saturated rings. The summed E-state index contributed by atoms with van der Waals surface area (Å²) in [6.07, 6.45) is 1.53. The maximum absolute atomic E-state index is 12.9. The number of hydrogen-bond acceptors (Lipinski definition) is 7. The minimum atomic E-state index is -1.35. The molecule has 0 aromatic carbocycles. The highest BCUT2D eigenvalue weighted by atomic mass is 16.4. The molecule has 0 aromatic heterocycles. The Morgan fingerprint density at radius 3 is 1.88 bits per heavy atom. The first-order valence-corrected chi connectivity index (χ1v) is 11.4. The highest BCUT2D eigenvalue weighted by Gasteiger charge is 2.32. The smallest absolute Gasteiger partial charge is 0.326 e. The van der Waals surface area contributed by atoms with Gasteiger partial charge in [0.1, 0.15) is 18.1 Å². The Kier molecular flexibility index (Phi) is 14.5. The van der Waals surface area contributed by atoms with E-state index in [0.29, 0.717) is 19.3 Å². The third kappa shape index (κ3) is 10.8. The van der Waals surface area contributed by atoms with Crippen LogP contribution in [0, 0.1) is 11.8 Å². The number of carbonyl (C=O) groups is 4. The van der Waals surface area contributed by atoms with Gasteiger partial charge in [0.25, 0.3) is 0 Å². The van der Waals surface area contributed by atoms with Crippen LogP contribution in [0.2, 0.25) is 0 Å². The molecule has 196 valence electrons. The predicted molar refractivity (Wildman–Crippen MR) is 127 cm³/mol. The number of hydrogen-bond donors (Lipinski definition) is 8. The van der Waals surface area contributed by atoms with Crippen molar-refractivity contribution in [1.82, 2.24) is 16.0 Å². The first-order chi connectivity index (χ1) is 15.9. The lowest BCUT2D eigenvalue weighted by atomic mass is 9.98. The van der Waals surface area contributed by atoms with Crippen LogP contribution in [-0.2, 0) is 19.2 Å². The Labute approximate surface area is 200 Å². The van der Waals surface area contributed by atoms with E-state index in [-0.39, 0.29) is 30.8 Å². The SMILES string of the molecule is CCC(C)C(N)C(=O)NC(CO)C(=O)NC(CCCN=C(N)N)C(=O)NC(C(=O)O)C(C)CC. The number of rotatable bonds is 16. The lowest BCUT2D eigenvalue weighted by Crippen LogP contribution is -2.59. The van der Waals surface area contributed by atoms with Crippen LogP contribution in [0.4, 0.5) is 0 Å². The number of carbonyl (C=O) groups excluding carboxylic acids is 3. The molecule has 0 radical (unpaired) electrons. The molecular formula is C21H41N7O6. The van der Waals surface area contributed by atoms with E-state index in [4.69, 9.17) is 17.2 Å². The number of aliphatic hydroxyl groups excluding tert-OH is 1. The van der Waals surface area contributed by atoms with Crippen LogP contribution in [0.3, 0.4) is 0 Å². The van der Waals surface area contributed by atoms with Gasteiger partial charge in [-0.25, -0.2) is 4.79 Å². The van der Waals surface area contributed by atoms with E-state index < -0.39 is 54.5 Å². The average molecular weight is 488 g/mol. The highest BCUT2D eigenvalue weighted by Crippen LogP contribution is 2.10. The summed E-state index contributed by atoms with van der Waals surface area (Å²) in [6.45, 7) is 6.58. The predicted octanol–water partition coefficient (Wildman–Crippen LogP) is -2.01. The molecule has 0 aliphatic rings. The summed E-state index contributed by atoms with van der Waals surface area (Å²) in [7, 11) is 0. The Balaban J connectivity index is 5.48. The van der Waals surface area contributed by atoms with Gasteiger partial charge >= 0.3 is 5.97 Å². The number of carboxylic acid groups (broad SMARTS) is 1. The van der Waals surface area contributed by atoms with Gasteiger partial charge in [0.15, 0.2) is 5.96 Å². The monoisotopic (exact) mass is 487 g/mol. The van der Waals surface area contributed by atoms with E-state index in [1.54, 1.807) is 20.8 Å². The highest BCUT2D eigenvalue weighted by molar-refractivity contribution is 5.94. The first-order valence-electron chi connectivity index (χ1n) is 11.4. The number of nitrogens with one attached hydrogen (secondary N) is 3. The van der Waals surface area contributed by atoms with Crippen LogP contribution in [0.5, 0.6) is 0 Å². The first kappa shape index (κ1) is 31.1. The lowest BCUT2D eigenvalue weighted by Gasteiger charge is -2.26. The number of aliphatic carboxylic acids is 1. The second-order valence-corrected chi connectivity index (χ2v) is 8.38. The van der Waals surface area contributed by atoms with Gasteiger partial charge in [0.05, 0.1) is 12.6 Å². The number of aliphatic hydroxyl groups is 1. The molecule has 0 aliphatic carbocycles. The molecule has 6 atom stereocenters. The zero-order valence-electron chi connectivity index (χ0n) is 20.4. The molecule has 0 saturated heterocycles. The fourth-order valence-electron chi connectivity index (χ4n) is 2.96. The van der Waals surface area contributed by atoms with Crippen LogP contribution < -0.4 is 33.2 Å². The molecule has 3 amide bonds. The second-order valence-electron chi connectivity index (χ2n) is 8.38. The molecule has 34 heavy (non-hydrogen) atoms. The Bertz CT molecular complexity index is 714. The van der Waals surface area contributed by atoms with Crippen molar-refractivity contribution < 1.29 is 29.4 Å². The number of guanidine groups is 1. The molecule has 11 N–H and O–H groups in total. The molecule has 13 nitrogen and oxygen atoms in total. The minimum absolute atomic E-state index is 0.0830. The van der Waals surface area contributed by atoms with Gasteiger partial charge in [-0.05, 0) is 24.7 Å². The summed E-state index contributed by atoms with van der Waals surface area (Å²) in [6, 6.07) is -4.53. The van der Waals surface area contributed by atoms with Gasteiger partial charge in [-0.2, -0.15) is 0 Å². The summed E-state index contributed by atoms with van der Waals surface area (Å²) in [5, 5.41) is 26.4. The van der Waals surface area contributed by atoms with Crippen LogP contribution in [-0.4, -0.2) is 77.2 Å². The van der Waals surface area contributed by atoms with Gasteiger partial charge in [-0.1, -0.05) is 40.5 Å². The van der Waals surface area contributed by atoms with E-state index in [2.05, 4.69) is 20.9 Å². The van der Waals surface area contributed by atoms with E-state index in [1.165, 1.54) is 0 Å². The normalized spacial score (nSPS) is 16.2. The van der Waals surface area contributed by atoms with Crippen LogP contribution >= 0.6 is 0 Å². The summed E-state index contributed by atoms with van der Waals surface area (Å²) < 4.78 is 0. The third-order valence-corrected chi connectivity index (χ3v) is 5.73. The fraction of sp³-hybridized carbons (Fsp3) is 0.762. The summed E-state index contributed by atoms with van der Waals surface area (Å²) in [5.41, 5.74) is 16.5. The average Bonchev–Trinajstić information content (AvgIpc) is 2.80. The van der Waals surface area contributed by atoms with Crippen molar-refractivity contribution in [2.75, 3.05) is 13.2 Å². The van der Waals surface area contributed by atoms with Gasteiger partial charge in [-0.3, -0.25) is 19.4 Å². The molecule has 0 bridgehead atoms. The molecule has 0 aliphatic heterocycles. The quantitative estimate of drug-likeness (QED) is 0.0681. The number of nitrogens with zero attached hydrogens (tertiary/aromatic N) is 1. The van der Waals surface area contributed by atoms with Crippen LogP contribution in [0.15, 0.2) is 4.99 Å². The number of nitrogens with two attached hydrogens (primary N) is 3. The summed E-state index contributed by atoms with van der Waals surface area (Å²) >= 11 is 0. The molecule has 0 spiro atoms.